The predicted octanol–water partition coefficient (Wildman–Crippen LogP) is 5.09. The summed E-state index contributed by atoms with van der Waals surface area (Å²) in [7, 11) is 0. The lowest BCUT2D eigenvalue weighted by Gasteiger charge is -2.21. The van der Waals surface area contributed by atoms with E-state index in [-0.39, 0.29) is 0 Å². The molecule has 0 radical (unpaired) electrons. The Kier molecular flexibility index (Phi) is 4.08. The normalized spacial score (nSPS) is 20.9. The maximum absolute atomic E-state index is 6.34. The Morgan fingerprint density at radius 3 is 2.78 bits per heavy atom. The Morgan fingerprint density at radius 1 is 0.957 bits per heavy atom. The molecule has 0 saturated heterocycles. The molecule has 23 heavy (non-hydrogen) atoms. The standard InChI is InChI=1S/C21H21NO/c1-2-6-16(7-3-1)20-10-5-11-21(20)23-15-18-9-4-8-17-14-22-13-12-19(17)18/h1-4,6-9,12-14,20-21H,5,10-11,15H2/t20-,21+/m0/s1. The van der Waals surface area contributed by atoms with Crippen LogP contribution in [0.4, 0.5) is 0 Å². The van der Waals surface area contributed by atoms with Crippen LogP contribution in [0.15, 0.2) is 67.0 Å². The smallest absolute Gasteiger partial charge is 0.0726 e. The summed E-state index contributed by atoms with van der Waals surface area (Å²) in [6, 6.07) is 19.2. The van der Waals surface area contributed by atoms with Crippen LogP contribution >= 0.6 is 0 Å². The van der Waals surface area contributed by atoms with Gasteiger partial charge >= 0.3 is 0 Å². The molecule has 1 heterocycles. The summed E-state index contributed by atoms with van der Waals surface area (Å²) in [4.78, 5) is 4.20. The molecule has 2 atom stereocenters. The van der Waals surface area contributed by atoms with Gasteiger partial charge in [-0.1, -0.05) is 55.0 Å². The van der Waals surface area contributed by atoms with Crippen LogP contribution < -0.4 is 0 Å². The van der Waals surface area contributed by atoms with Crippen molar-refractivity contribution in [3.8, 4) is 0 Å². The van der Waals surface area contributed by atoms with Gasteiger partial charge in [-0.05, 0) is 35.4 Å². The van der Waals surface area contributed by atoms with Gasteiger partial charge < -0.3 is 4.74 Å². The first-order valence-electron chi connectivity index (χ1n) is 8.40. The molecule has 0 spiro atoms. The summed E-state index contributed by atoms with van der Waals surface area (Å²) in [5.41, 5.74) is 2.67. The number of aromatic nitrogens is 1. The third kappa shape index (κ3) is 2.99. The highest BCUT2D eigenvalue weighted by atomic mass is 16.5. The van der Waals surface area contributed by atoms with Gasteiger partial charge in [0.25, 0.3) is 0 Å². The average molecular weight is 303 g/mol. The highest BCUT2D eigenvalue weighted by molar-refractivity contribution is 5.84. The fourth-order valence-electron chi connectivity index (χ4n) is 3.72. The van der Waals surface area contributed by atoms with Crippen LogP contribution in [0, 0.1) is 0 Å². The van der Waals surface area contributed by atoms with Crippen LogP contribution in [-0.4, -0.2) is 11.1 Å². The van der Waals surface area contributed by atoms with Crippen molar-refractivity contribution in [2.24, 2.45) is 0 Å². The first-order valence-corrected chi connectivity index (χ1v) is 8.40. The molecule has 4 rings (SSSR count). The van der Waals surface area contributed by atoms with Crippen LogP contribution in [-0.2, 0) is 11.3 Å². The van der Waals surface area contributed by atoms with E-state index in [2.05, 4.69) is 59.6 Å². The molecule has 2 aromatic carbocycles. The second kappa shape index (κ2) is 6.51. The lowest BCUT2D eigenvalue weighted by atomic mass is 9.96. The van der Waals surface area contributed by atoms with E-state index in [1.807, 2.05) is 12.4 Å². The summed E-state index contributed by atoms with van der Waals surface area (Å²) in [6.07, 6.45) is 7.74. The van der Waals surface area contributed by atoms with Crippen molar-refractivity contribution in [2.75, 3.05) is 0 Å². The Balaban J connectivity index is 1.52. The molecular weight excluding hydrogens is 282 g/mol. The summed E-state index contributed by atoms with van der Waals surface area (Å²) in [5.74, 6) is 0.535. The van der Waals surface area contributed by atoms with E-state index in [9.17, 15) is 0 Å². The highest BCUT2D eigenvalue weighted by Gasteiger charge is 2.29. The van der Waals surface area contributed by atoms with Crippen molar-refractivity contribution in [3.05, 3.63) is 78.1 Å². The maximum Gasteiger partial charge on any atom is 0.0726 e. The Labute approximate surface area is 137 Å². The molecule has 1 aromatic heterocycles. The minimum absolute atomic E-state index is 0.328. The van der Waals surface area contributed by atoms with Crippen molar-refractivity contribution in [2.45, 2.75) is 37.9 Å². The number of benzene rings is 2. The van der Waals surface area contributed by atoms with E-state index in [1.165, 1.54) is 34.7 Å². The topological polar surface area (TPSA) is 22.1 Å². The number of hydrogen-bond donors (Lipinski definition) is 0. The molecule has 1 saturated carbocycles. The largest absolute Gasteiger partial charge is 0.373 e. The van der Waals surface area contributed by atoms with Gasteiger partial charge in [0.2, 0.25) is 0 Å². The fourth-order valence-corrected chi connectivity index (χ4v) is 3.72. The summed E-state index contributed by atoms with van der Waals surface area (Å²) < 4.78 is 6.34. The average Bonchev–Trinajstić information content (AvgIpc) is 3.09. The van der Waals surface area contributed by atoms with E-state index < -0.39 is 0 Å². The van der Waals surface area contributed by atoms with Gasteiger partial charge in [0.1, 0.15) is 0 Å². The van der Waals surface area contributed by atoms with E-state index in [0.717, 1.165) is 6.42 Å². The molecule has 116 valence electrons. The van der Waals surface area contributed by atoms with Crippen LogP contribution in [0.2, 0.25) is 0 Å². The lowest BCUT2D eigenvalue weighted by Crippen LogP contribution is -2.16. The zero-order valence-corrected chi connectivity index (χ0v) is 13.2. The monoisotopic (exact) mass is 303 g/mol. The Morgan fingerprint density at radius 2 is 1.87 bits per heavy atom. The van der Waals surface area contributed by atoms with Crippen LogP contribution in [0.1, 0.15) is 36.3 Å². The molecule has 0 N–H and O–H groups in total. The number of pyridine rings is 1. The van der Waals surface area contributed by atoms with Crippen molar-refractivity contribution in [1.82, 2.24) is 4.98 Å². The zero-order valence-electron chi connectivity index (χ0n) is 13.2. The van der Waals surface area contributed by atoms with Crippen molar-refractivity contribution < 1.29 is 4.74 Å². The maximum atomic E-state index is 6.34. The molecule has 2 heteroatoms. The van der Waals surface area contributed by atoms with Crippen LogP contribution in [0.3, 0.4) is 0 Å². The molecule has 1 fully saturated rings. The van der Waals surface area contributed by atoms with Crippen LogP contribution in [0.25, 0.3) is 10.8 Å². The summed E-state index contributed by atoms with van der Waals surface area (Å²) in [6.45, 7) is 0.676. The van der Waals surface area contributed by atoms with E-state index >= 15 is 0 Å². The minimum atomic E-state index is 0.328. The zero-order chi connectivity index (χ0) is 15.5. The summed E-state index contributed by atoms with van der Waals surface area (Å²) in [5, 5.41) is 2.43. The number of nitrogens with zero attached hydrogens (tertiary/aromatic N) is 1. The predicted molar refractivity (Wildman–Crippen MR) is 93.4 cm³/mol. The quantitative estimate of drug-likeness (QED) is 0.670. The van der Waals surface area contributed by atoms with Gasteiger partial charge in [0, 0.05) is 23.7 Å². The molecule has 3 aromatic rings. The second-order valence-electron chi connectivity index (χ2n) is 6.31. The van der Waals surface area contributed by atoms with Gasteiger partial charge in [-0.2, -0.15) is 0 Å². The van der Waals surface area contributed by atoms with Crippen molar-refractivity contribution in [3.63, 3.8) is 0 Å². The Hall–Kier alpha value is -2.19. The molecule has 0 bridgehead atoms. The molecule has 1 aliphatic rings. The highest BCUT2D eigenvalue weighted by Crippen LogP contribution is 2.37. The third-order valence-corrected chi connectivity index (χ3v) is 4.90. The van der Waals surface area contributed by atoms with Crippen molar-refractivity contribution >= 4 is 10.8 Å². The molecule has 2 nitrogen and oxygen atoms in total. The molecule has 0 unspecified atom stereocenters. The minimum Gasteiger partial charge on any atom is -0.373 e. The fraction of sp³-hybridized carbons (Fsp3) is 0.286. The molecule has 0 amide bonds. The summed E-state index contributed by atoms with van der Waals surface area (Å²) >= 11 is 0. The van der Waals surface area contributed by atoms with Crippen LogP contribution in [0.5, 0.6) is 0 Å². The van der Waals surface area contributed by atoms with Crippen molar-refractivity contribution in [1.29, 1.82) is 0 Å². The second-order valence-corrected chi connectivity index (χ2v) is 6.31. The van der Waals surface area contributed by atoms with Gasteiger partial charge in [-0.15, -0.1) is 0 Å². The number of hydrogen-bond acceptors (Lipinski definition) is 2. The van der Waals surface area contributed by atoms with Gasteiger partial charge in [-0.3, -0.25) is 4.98 Å². The first-order chi connectivity index (χ1) is 11.4. The first kappa shape index (κ1) is 14.4. The molecular formula is C21H21NO. The van der Waals surface area contributed by atoms with Gasteiger partial charge in [0.05, 0.1) is 12.7 Å². The van der Waals surface area contributed by atoms with Gasteiger partial charge in [-0.25, -0.2) is 0 Å². The third-order valence-electron chi connectivity index (χ3n) is 4.90. The number of ether oxygens (including phenoxy) is 1. The Bertz CT molecular complexity index is 779. The number of rotatable bonds is 4. The SMILES string of the molecule is c1ccc([C@@H]2CCC[C@H]2OCc2cccc3cnccc23)cc1. The van der Waals surface area contributed by atoms with E-state index in [4.69, 9.17) is 4.74 Å². The van der Waals surface area contributed by atoms with Gasteiger partial charge in [0.15, 0.2) is 0 Å². The number of fused-ring (bicyclic) bond motifs is 1. The molecule has 1 aliphatic carbocycles. The molecule has 0 aliphatic heterocycles. The van der Waals surface area contributed by atoms with E-state index in [0.29, 0.717) is 18.6 Å². The van der Waals surface area contributed by atoms with E-state index in [1.54, 1.807) is 0 Å². The lowest BCUT2D eigenvalue weighted by molar-refractivity contribution is 0.0349.